The van der Waals surface area contributed by atoms with Crippen LogP contribution in [0.15, 0.2) is 12.1 Å². The smallest absolute Gasteiger partial charge is 0.184 e. The Labute approximate surface area is 205 Å². The maximum absolute atomic E-state index is 6.43. The van der Waals surface area contributed by atoms with Gasteiger partial charge in [0, 0.05) is 31.8 Å². The SMILES string of the molecule is COc1cc2c(cc1OCCN1CCOCC1)nc(C(N)CCCN)c1nnc(C)n12.Cl.Cl. The third kappa shape index (κ3) is 5.95. The van der Waals surface area contributed by atoms with Crippen LogP contribution in [0.2, 0.25) is 0 Å². The average molecular weight is 502 g/mol. The van der Waals surface area contributed by atoms with Crippen molar-refractivity contribution in [2.24, 2.45) is 11.5 Å². The fraction of sp³-hybridized carbons (Fsp3) is 0.571. The molecule has 1 aromatic carbocycles. The second-order valence-electron chi connectivity index (χ2n) is 7.73. The summed E-state index contributed by atoms with van der Waals surface area (Å²) in [7, 11) is 1.64. The van der Waals surface area contributed by atoms with Gasteiger partial charge in [0.1, 0.15) is 18.1 Å². The normalized spacial score (nSPS) is 15.2. The topological polar surface area (TPSA) is 126 Å². The van der Waals surface area contributed by atoms with Crippen molar-refractivity contribution in [3.8, 4) is 11.5 Å². The van der Waals surface area contributed by atoms with Gasteiger partial charge in [-0.3, -0.25) is 9.30 Å². The molecule has 0 saturated carbocycles. The molecule has 0 spiro atoms. The summed E-state index contributed by atoms with van der Waals surface area (Å²) in [6.45, 7) is 7.27. The molecule has 33 heavy (non-hydrogen) atoms. The molecule has 0 bridgehead atoms. The van der Waals surface area contributed by atoms with Gasteiger partial charge in [0.15, 0.2) is 17.1 Å². The zero-order chi connectivity index (χ0) is 21.8. The van der Waals surface area contributed by atoms with Crippen LogP contribution in [0.1, 0.15) is 30.4 Å². The van der Waals surface area contributed by atoms with Gasteiger partial charge < -0.3 is 25.7 Å². The second-order valence-corrected chi connectivity index (χ2v) is 7.73. The van der Waals surface area contributed by atoms with Crippen LogP contribution in [0, 0.1) is 6.92 Å². The van der Waals surface area contributed by atoms with Crippen LogP contribution >= 0.6 is 24.8 Å². The first-order chi connectivity index (χ1) is 15.1. The van der Waals surface area contributed by atoms with E-state index in [1.165, 1.54) is 0 Å². The van der Waals surface area contributed by atoms with E-state index in [-0.39, 0.29) is 30.9 Å². The number of ether oxygens (including phenoxy) is 3. The van der Waals surface area contributed by atoms with Gasteiger partial charge >= 0.3 is 0 Å². The van der Waals surface area contributed by atoms with Crippen molar-refractivity contribution in [3.05, 3.63) is 23.7 Å². The minimum absolute atomic E-state index is 0. The van der Waals surface area contributed by atoms with E-state index in [9.17, 15) is 0 Å². The summed E-state index contributed by atoms with van der Waals surface area (Å²) >= 11 is 0. The predicted octanol–water partition coefficient (Wildman–Crippen LogP) is 1.89. The third-order valence-corrected chi connectivity index (χ3v) is 5.64. The summed E-state index contributed by atoms with van der Waals surface area (Å²) < 4.78 is 19.1. The molecule has 10 nitrogen and oxygen atoms in total. The van der Waals surface area contributed by atoms with Gasteiger partial charge in [-0.1, -0.05) is 0 Å². The molecule has 1 fully saturated rings. The summed E-state index contributed by atoms with van der Waals surface area (Å²) in [6, 6.07) is 3.56. The molecule has 1 aliphatic rings. The van der Waals surface area contributed by atoms with Crippen molar-refractivity contribution in [1.82, 2.24) is 24.5 Å². The number of benzene rings is 1. The van der Waals surface area contributed by atoms with E-state index < -0.39 is 0 Å². The number of methoxy groups -OCH3 is 1. The molecule has 2 aromatic heterocycles. The van der Waals surface area contributed by atoms with Crippen LogP contribution in [0.25, 0.3) is 16.7 Å². The van der Waals surface area contributed by atoms with Gasteiger partial charge in [0.2, 0.25) is 0 Å². The lowest BCUT2D eigenvalue weighted by Crippen LogP contribution is -2.38. The number of aromatic nitrogens is 4. The minimum Gasteiger partial charge on any atom is -0.493 e. The highest BCUT2D eigenvalue weighted by Crippen LogP contribution is 2.34. The molecular weight excluding hydrogens is 469 g/mol. The Morgan fingerprint density at radius 3 is 2.61 bits per heavy atom. The summed E-state index contributed by atoms with van der Waals surface area (Å²) in [6.07, 6.45) is 1.55. The van der Waals surface area contributed by atoms with E-state index in [4.69, 9.17) is 30.7 Å². The van der Waals surface area contributed by atoms with Gasteiger partial charge in [0.05, 0.1) is 37.4 Å². The summed E-state index contributed by atoms with van der Waals surface area (Å²) in [4.78, 5) is 7.18. The van der Waals surface area contributed by atoms with Gasteiger partial charge in [-0.15, -0.1) is 35.0 Å². The number of halogens is 2. The van der Waals surface area contributed by atoms with Crippen molar-refractivity contribution >= 4 is 41.5 Å². The number of hydrogen-bond acceptors (Lipinski definition) is 9. The van der Waals surface area contributed by atoms with Crippen molar-refractivity contribution in [1.29, 1.82) is 0 Å². The molecule has 3 aromatic rings. The molecule has 3 heterocycles. The van der Waals surface area contributed by atoms with Crippen LogP contribution in [0.3, 0.4) is 0 Å². The number of rotatable bonds is 9. The fourth-order valence-electron chi connectivity index (χ4n) is 3.91. The Balaban J connectivity index is 0.00000193. The van der Waals surface area contributed by atoms with E-state index in [0.29, 0.717) is 36.0 Å². The first-order valence-corrected chi connectivity index (χ1v) is 10.7. The van der Waals surface area contributed by atoms with E-state index in [1.54, 1.807) is 7.11 Å². The Bertz CT molecular complexity index is 1040. The maximum Gasteiger partial charge on any atom is 0.184 e. The van der Waals surface area contributed by atoms with Crippen LogP contribution < -0.4 is 20.9 Å². The molecule has 1 saturated heterocycles. The average Bonchev–Trinajstić information content (AvgIpc) is 3.19. The lowest BCUT2D eigenvalue weighted by Gasteiger charge is -2.26. The molecule has 1 unspecified atom stereocenters. The van der Waals surface area contributed by atoms with Gasteiger partial charge in [-0.25, -0.2) is 4.98 Å². The Kier molecular flexibility index (Phi) is 10.3. The lowest BCUT2D eigenvalue weighted by molar-refractivity contribution is 0.0321. The largest absolute Gasteiger partial charge is 0.493 e. The molecule has 0 radical (unpaired) electrons. The molecule has 4 rings (SSSR count). The Morgan fingerprint density at radius 1 is 1.15 bits per heavy atom. The van der Waals surface area contributed by atoms with Gasteiger partial charge in [-0.2, -0.15) is 0 Å². The highest BCUT2D eigenvalue weighted by Gasteiger charge is 2.20. The molecule has 0 amide bonds. The number of fused-ring (bicyclic) bond motifs is 3. The number of morpholine rings is 1. The number of hydrogen-bond donors (Lipinski definition) is 2. The fourth-order valence-corrected chi connectivity index (χ4v) is 3.91. The molecular formula is C21H33Cl2N7O3. The quantitative estimate of drug-likeness (QED) is 0.451. The van der Waals surface area contributed by atoms with Crippen LogP contribution in [-0.2, 0) is 4.74 Å². The molecule has 1 aliphatic heterocycles. The number of aryl methyl sites for hydroxylation is 1. The van der Waals surface area contributed by atoms with Crippen molar-refractivity contribution in [2.45, 2.75) is 25.8 Å². The minimum atomic E-state index is -0.271. The van der Waals surface area contributed by atoms with Crippen molar-refractivity contribution < 1.29 is 14.2 Å². The van der Waals surface area contributed by atoms with Crippen LogP contribution in [-0.4, -0.2) is 77.6 Å². The maximum atomic E-state index is 6.43. The Hall–Kier alpha value is -1.95. The van der Waals surface area contributed by atoms with Gasteiger partial charge in [0.25, 0.3) is 0 Å². The molecule has 1 atom stereocenters. The predicted molar refractivity (Wildman–Crippen MR) is 132 cm³/mol. The number of nitrogens with two attached hydrogens (primary N) is 2. The zero-order valence-corrected chi connectivity index (χ0v) is 20.7. The second kappa shape index (κ2) is 12.5. The highest BCUT2D eigenvalue weighted by atomic mass is 35.5. The van der Waals surface area contributed by atoms with E-state index in [2.05, 4.69) is 15.1 Å². The molecule has 0 aliphatic carbocycles. The Morgan fingerprint density at radius 2 is 1.91 bits per heavy atom. The zero-order valence-electron chi connectivity index (χ0n) is 19.0. The van der Waals surface area contributed by atoms with Crippen LogP contribution in [0.5, 0.6) is 11.5 Å². The van der Waals surface area contributed by atoms with E-state index in [1.807, 2.05) is 23.5 Å². The summed E-state index contributed by atoms with van der Waals surface area (Å²) in [5.41, 5.74) is 15.1. The van der Waals surface area contributed by atoms with E-state index in [0.717, 1.165) is 62.5 Å². The monoisotopic (exact) mass is 501 g/mol. The third-order valence-electron chi connectivity index (χ3n) is 5.64. The molecule has 184 valence electrons. The standard InChI is InChI=1S/C21H31N7O3.2ClH/c1-14-25-26-21-20(15(23)4-3-5-22)24-16-12-19(18(29-2)13-17(16)28(14)21)31-11-8-27-6-9-30-10-7-27;;/h12-13,15H,3-11,22-23H2,1-2H3;2*1H. The first-order valence-electron chi connectivity index (χ1n) is 10.7. The first kappa shape index (κ1) is 27.3. The summed E-state index contributed by atoms with van der Waals surface area (Å²) in [5, 5.41) is 8.58. The van der Waals surface area contributed by atoms with Gasteiger partial charge in [-0.05, 0) is 26.3 Å². The van der Waals surface area contributed by atoms with Crippen molar-refractivity contribution in [3.63, 3.8) is 0 Å². The molecule has 12 heteroatoms. The lowest BCUT2D eigenvalue weighted by atomic mass is 10.1. The highest BCUT2D eigenvalue weighted by molar-refractivity contribution is 5.85. The molecule has 4 N–H and O–H groups in total. The van der Waals surface area contributed by atoms with E-state index >= 15 is 0 Å². The van der Waals surface area contributed by atoms with Crippen molar-refractivity contribution in [2.75, 3.05) is 53.1 Å². The number of nitrogens with zero attached hydrogens (tertiary/aromatic N) is 5. The summed E-state index contributed by atoms with van der Waals surface area (Å²) in [5.74, 6) is 2.06. The van der Waals surface area contributed by atoms with Crippen LogP contribution in [0.4, 0.5) is 0 Å².